The maximum Gasteiger partial charge on any atom is 0.337 e. The van der Waals surface area contributed by atoms with Crippen LogP contribution in [0.25, 0.3) is 5.78 Å². The average Bonchev–Trinajstić information content (AvgIpc) is 2.61. The molecule has 0 saturated heterocycles. The number of nitrogens with one attached hydrogen (secondary N) is 1. The Bertz CT molecular complexity index is 557. The molecule has 0 bridgehead atoms. The van der Waals surface area contributed by atoms with Crippen LogP contribution in [0, 0.1) is 6.92 Å². The lowest BCUT2D eigenvalue weighted by Crippen LogP contribution is -2.15. The standard InChI is InChI=1S/C8H10N4O3/c1-4-5(14-2)6(13)9-7-10-8(15-3)11-12(4)7/h1-3H3,(H,9,10,11,13). The first kappa shape index (κ1) is 9.50. The highest BCUT2D eigenvalue weighted by Gasteiger charge is 2.12. The molecular weight excluding hydrogens is 200 g/mol. The van der Waals surface area contributed by atoms with E-state index < -0.39 is 0 Å². The zero-order chi connectivity index (χ0) is 11.0. The molecule has 2 aromatic rings. The molecule has 0 radical (unpaired) electrons. The Kier molecular flexibility index (Phi) is 2.07. The molecule has 80 valence electrons. The van der Waals surface area contributed by atoms with Crippen molar-refractivity contribution in [1.82, 2.24) is 19.6 Å². The van der Waals surface area contributed by atoms with Gasteiger partial charge in [-0.25, -0.2) is 0 Å². The Morgan fingerprint density at radius 1 is 1.33 bits per heavy atom. The minimum Gasteiger partial charge on any atom is -0.490 e. The third-order valence-electron chi connectivity index (χ3n) is 2.05. The lowest BCUT2D eigenvalue weighted by atomic mass is 10.4. The first-order valence-electron chi connectivity index (χ1n) is 4.25. The lowest BCUT2D eigenvalue weighted by molar-refractivity contribution is 0.379. The average molecular weight is 210 g/mol. The Morgan fingerprint density at radius 2 is 2.07 bits per heavy atom. The van der Waals surface area contributed by atoms with E-state index in [-0.39, 0.29) is 17.3 Å². The number of methoxy groups -OCH3 is 2. The van der Waals surface area contributed by atoms with Crippen molar-refractivity contribution in [1.29, 1.82) is 0 Å². The fourth-order valence-corrected chi connectivity index (χ4v) is 1.35. The summed E-state index contributed by atoms with van der Waals surface area (Å²) in [6.07, 6.45) is 0. The number of rotatable bonds is 2. The van der Waals surface area contributed by atoms with E-state index in [0.29, 0.717) is 11.5 Å². The van der Waals surface area contributed by atoms with Gasteiger partial charge in [0.25, 0.3) is 5.56 Å². The Labute approximate surface area is 84.7 Å². The minimum atomic E-state index is -0.336. The van der Waals surface area contributed by atoms with Crippen LogP contribution in [-0.4, -0.2) is 33.8 Å². The number of ether oxygens (including phenoxy) is 2. The van der Waals surface area contributed by atoms with Crippen LogP contribution in [0.4, 0.5) is 0 Å². The quantitative estimate of drug-likeness (QED) is 0.738. The molecule has 2 heterocycles. The van der Waals surface area contributed by atoms with Crippen LogP contribution < -0.4 is 15.0 Å². The van der Waals surface area contributed by atoms with Gasteiger partial charge >= 0.3 is 6.01 Å². The fourth-order valence-electron chi connectivity index (χ4n) is 1.35. The predicted octanol–water partition coefficient (Wildman–Crippen LogP) is -0.257. The molecule has 2 rings (SSSR count). The summed E-state index contributed by atoms with van der Waals surface area (Å²) < 4.78 is 11.3. The van der Waals surface area contributed by atoms with Crippen molar-refractivity contribution in [2.24, 2.45) is 0 Å². The minimum absolute atomic E-state index is 0.196. The molecule has 0 aromatic carbocycles. The van der Waals surface area contributed by atoms with E-state index in [1.807, 2.05) is 0 Å². The highest BCUT2D eigenvalue weighted by molar-refractivity contribution is 5.36. The third-order valence-corrected chi connectivity index (χ3v) is 2.05. The Hall–Kier alpha value is -2.05. The smallest absolute Gasteiger partial charge is 0.337 e. The molecule has 0 aliphatic carbocycles. The molecule has 0 unspecified atom stereocenters. The van der Waals surface area contributed by atoms with Crippen LogP contribution >= 0.6 is 0 Å². The summed E-state index contributed by atoms with van der Waals surface area (Å²) in [6, 6.07) is 0.196. The molecule has 7 heteroatoms. The fraction of sp³-hybridized carbons (Fsp3) is 0.375. The Balaban J connectivity index is 2.82. The van der Waals surface area contributed by atoms with Gasteiger partial charge in [-0.3, -0.25) is 9.78 Å². The van der Waals surface area contributed by atoms with Gasteiger partial charge in [-0.15, -0.1) is 5.10 Å². The first-order valence-corrected chi connectivity index (χ1v) is 4.25. The number of aromatic amines is 1. The summed E-state index contributed by atoms with van der Waals surface area (Å²) >= 11 is 0. The molecule has 0 aliphatic rings. The van der Waals surface area contributed by atoms with E-state index in [0.717, 1.165) is 0 Å². The number of aromatic nitrogens is 4. The van der Waals surface area contributed by atoms with Gasteiger partial charge in [-0.1, -0.05) is 0 Å². The number of H-pyrrole nitrogens is 1. The second-order valence-electron chi connectivity index (χ2n) is 2.91. The van der Waals surface area contributed by atoms with Crippen LogP contribution in [0.2, 0.25) is 0 Å². The topological polar surface area (TPSA) is 81.5 Å². The molecule has 1 N–H and O–H groups in total. The molecule has 0 fully saturated rings. The summed E-state index contributed by atoms with van der Waals surface area (Å²) in [6.45, 7) is 1.72. The van der Waals surface area contributed by atoms with E-state index in [4.69, 9.17) is 9.47 Å². The van der Waals surface area contributed by atoms with Gasteiger partial charge in [0.15, 0.2) is 0 Å². The van der Waals surface area contributed by atoms with E-state index in [2.05, 4.69) is 15.1 Å². The zero-order valence-electron chi connectivity index (χ0n) is 8.57. The molecular formula is C8H10N4O3. The third kappa shape index (κ3) is 1.32. The van der Waals surface area contributed by atoms with Crippen LogP contribution in [0.15, 0.2) is 4.79 Å². The van der Waals surface area contributed by atoms with Gasteiger partial charge in [-0.2, -0.15) is 9.50 Å². The maximum absolute atomic E-state index is 11.5. The van der Waals surface area contributed by atoms with Crippen molar-refractivity contribution in [3.63, 3.8) is 0 Å². The highest BCUT2D eigenvalue weighted by atomic mass is 16.5. The molecule has 0 amide bonds. The summed E-state index contributed by atoms with van der Waals surface area (Å²) in [5.74, 6) is 0.546. The van der Waals surface area contributed by atoms with Gasteiger partial charge in [0, 0.05) is 0 Å². The van der Waals surface area contributed by atoms with Gasteiger partial charge in [0.1, 0.15) is 0 Å². The zero-order valence-corrected chi connectivity index (χ0v) is 8.57. The van der Waals surface area contributed by atoms with E-state index >= 15 is 0 Å². The molecule has 0 atom stereocenters. The van der Waals surface area contributed by atoms with Crippen LogP contribution in [0.5, 0.6) is 11.8 Å². The molecule has 0 spiro atoms. The van der Waals surface area contributed by atoms with Gasteiger partial charge in [0.2, 0.25) is 11.5 Å². The highest BCUT2D eigenvalue weighted by Crippen LogP contribution is 2.12. The maximum atomic E-state index is 11.5. The number of aryl methyl sites for hydroxylation is 1. The van der Waals surface area contributed by atoms with Crippen molar-refractivity contribution < 1.29 is 9.47 Å². The molecule has 0 aliphatic heterocycles. The van der Waals surface area contributed by atoms with Crippen LogP contribution in [0.1, 0.15) is 5.69 Å². The molecule has 7 nitrogen and oxygen atoms in total. The normalized spacial score (nSPS) is 10.6. The van der Waals surface area contributed by atoms with Crippen LogP contribution in [-0.2, 0) is 0 Å². The summed E-state index contributed by atoms with van der Waals surface area (Å²) in [5, 5.41) is 4.01. The van der Waals surface area contributed by atoms with Gasteiger partial charge in [0.05, 0.1) is 19.9 Å². The van der Waals surface area contributed by atoms with E-state index in [9.17, 15) is 4.79 Å². The number of fused-ring (bicyclic) bond motifs is 1. The number of hydrogen-bond acceptors (Lipinski definition) is 5. The van der Waals surface area contributed by atoms with Crippen molar-refractivity contribution in [3.05, 3.63) is 16.0 Å². The molecule has 2 aromatic heterocycles. The second kappa shape index (κ2) is 3.26. The first-order chi connectivity index (χ1) is 7.17. The van der Waals surface area contributed by atoms with Gasteiger partial charge in [-0.05, 0) is 6.92 Å². The van der Waals surface area contributed by atoms with E-state index in [1.165, 1.54) is 18.7 Å². The lowest BCUT2D eigenvalue weighted by Gasteiger charge is -2.03. The van der Waals surface area contributed by atoms with E-state index in [1.54, 1.807) is 6.92 Å². The summed E-state index contributed by atoms with van der Waals surface area (Å²) in [7, 11) is 2.89. The molecule has 15 heavy (non-hydrogen) atoms. The predicted molar refractivity (Wildman–Crippen MR) is 51.4 cm³/mol. The van der Waals surface area contributed by atoms with Gasteiger partial charge < -0.3 is 9.47 Å². The summed E-state index contributed by atoms with van der Waals surface area (Å²) in [5.41, 5.74) is 0.240. The molecule has 0 saturated carbocycles. The Morgan fingerprint density at radius 3 is 2.67 bits per heavy atom. The summed E-state index contributed by atoms with van der Waals surface area (Å²) in [4.78, 5) is 18.0. The second-order valence-corrected chi connectivity index (χ2v) is 2.91. The monoisotopic (exact) mass is 210 g/mol. The van der Waals surface area contributed by atoms with Crippen molar-refractivity contribution in [2.45, 2.75) is 6.92 Å². The number of hydrogen-bond donors (Lipinski definition) is 1. The van der Waals surface area contributed by atoms with Crippen LogP contribution in [0.3, 0.4) is 0 Å². The number of nitrogens with zero attached hydrogens (tertiary/aromatic N) is 3. The van der Waals surface area contributed by atoms with Crippen molar-refractivity contribution in [3.8, 4) is 11.8 Å². The van der Waals surface area contributed by atoms with Crippen molar-refractivity contribution >= 4 is 5.78 Å². The van der Waals surface area contributed by atoms with Crippen molar-refractivity contribution in [2.75, 3.05) is 14.2 Å². The SMILES string of the molecule is COc1nc2[nH]c(=O)c(OC)c(C)n2n1. The largest absolute Gasteiger partial charge is 0.490 e.